The van der Waals surface area contributed by atoms with Crippen molar-refractivity contribution < 1.29 is 13.2 Å². The lowest BCUT2D eigenvalue weighted by atomic mass is 9.89. The summed E-state index contributed by atoms with van der Waals surface area (Å²) in [5, 5.41) is 3.40. The lowest BCUT2D eigenvalue weighted by Gasteiger charge is -2.26. The van der Waals surface area contributed by atoms with E-state index < -0.39 is 10.0 Å². The summed E-state index contributed by atoms with van der Waals surface area (Å²) < 4.78 is 25.6. The molecule has 1 fully saturated rings. The Balaban J connectivity index is 2.02. The molecule has 7 heteroatoms. The van der Waals surface area contributed by atoms with E-state index in [4.69, 9.17) is 11.6 Å². The number of carbonyl (C=O) groups is 1. The van der Waals surface area contributed by atoms with E-state index in [0.29, 0.717) is 16.3 Å². The maximum Gasteiger partial charge on any atom is 0.232 e. The molecular formula is C17H25ClN2O3S. The molecule has 1 aliphatic rings. The third-order valence-electron chi connectivity index (χ3n) is 4.50. The van der Waals surface area contributed by atoms with Crippen molar-refractivity contribution in [2.24, 2.45) is 5.92 Å². The van der Waals surface area contributed by atoms with Crippen molar-refractivity contribution in [3.63, 3.8) is 0 Å². The number of anilines is 1. The molecule has 0 aliphatic heterocycles. The van der Waals surface area contributed by atoms with E-state index in [1.165, 1.54) is 10.7 Å². The van der Waals surface area contributed by atoms with E-state index in [-0.39, 0.29) is 24.9 Å². The van der Waals surface area contributed by atoms with Crippen LogP contribution < -0.4 is 9.62 Å². The molecule has 0 atom stereocenters. The smallest absolute Gasteiger partial charge is 0.232 e. The molecule has 1 N–H and O–H groups in total. The highest BCUT2D eigenvalue weighted by atomic mass is 35.5. The van der Waals surface area contributed by atoms with Crippen LogP contribution in [0.4, 0.5) is 5.69 Å². The van der Waals surface area contributed by atoms with E-state index in [1.807, 2.05) is 0 Å². The van der Waals surface area contributed by atoms with Crippen molar-refractivity contribution in [1.29, 1.82) is 0 Å². The van der Waals surface area contributed by atoms with Gasteiger partial charge in [-0.15, -0.1) is 0 Å². The maximum atomic E-state index is 12.2. The van der Waals surface area contributed by atoms with Gasteiger partial charge in [0.1, 0.15) is 0 Å². The number of amides is 1. The Morgan fingerprint density at radius 1 is 1.29 bits per heavy atom. The summed E-state index contributed by atoms with van der Waals surface area (Å²) in [4.78, 5) is 12.2. The van der Waals surface area contributed by atoms with Gasteiger partial charge in [-0.05, 0) is 37.5 Å². The van der Waals surface area contributed by atoms with Crippen LogP contribution in [0.15, 0.2) is 18.2 Å². The number of halogens is 1. The predicted molar refractivity (Wildman–Crippen MR) is 98.0 cm³/mol. The van der Waals surface area contributed by atoms with Crippen LogP contribution in [0, 0.1) is 12.8 Å². The maximum absolute atomic E-state index is 12.2. The Kier molecular flexibility index (Phi) is 6.52. The molecule has 5 nitrogen and oxygen atoms in total. The summed E-state index contributed by atoms with van der Waals surface area (Å²) in [6, 6.07) is 5.18. The normalized spacial score (nSPS) is 16.0. The molecule has 0 spiro atoms. The molecule has 134 valence electrons. The number of nitrogens with one attached hydrogen (secondary N) is 1. The zero-order valence-corrected chi connectivity index (χ0v) is 15.8. The number of nitrogens with zero attached hydrogens (tertiary/aromatic N) is 1. The lowest BCUT2D eigenvalue weighted by molar-refractivity contribution is -0.125. The summed E-state index contributed by atoms with van der Waals surface area (Å²) >= 11 is 6.10. The zero-order valence-electron chi connectivity index (χ0n) is 14.2. The van der Waals surface area contributed by atoms with Crippen LogP contribution in [-0.2, 0) is 14.8 Å². The van der Waals surface area contributed by atoms with Crippen molar-refractivity contribution in [2.75, 3.05) is 23.7 Å². The highest BCUT2D eigenvalue weighted by molar-refractivity contribution is 7.92. The fourth-order valence-corrected chi connectivity index (χ4v) is 4.27. The Morgan fingerprint density at radius 2 is 1.96 bits per heavy atom. The largest absolute Gasteiger partial charge is 0.354 e. The first kappa shape index (κ1) is 19.1. The van der Waals surface area contributed by atoms with Crippen molar-refractivity contribution in [3.8, 4) is 0 Å². The van der Waals surface area contributed by atoms with Gasteiger partial charge in [0.2, 0.25) is 15.9 Å². The van der Waals surface area contributed by atoms with Gasteiger partial charge in [-0.3, -0.25) is 9.10 Å². The minimum atomic E-state index is -3.46. The van der Waals surface area contributed by atoms with E-state index in [0.717, 1.165) is 31.9 Å². The number of carbonyl (C=O) groups excluding carboxylic acids is 1. The molecule has 1 aromatic rings. The highest BCUT2D eigenvalue weighted by Gasteiger charge is 2.23. The second-order valence-electron chi connectivity index (χ2n) is 6.35. The third-order valence-corrected chi connectivity index (χ3v) is 6.09. The Morgan fingerprint density at radius 3 is 2.58 bits per heavy atom. The molecule has 0 unspecified atom stereocenters. The average molecular weight is 373 g/mol. The van der Waals surface area contributed by atoms with E-state index >= 15 is 0 Å². The third kappa shape index (κ3) is 4.86. The summed E-state index contributed by atoms with van der Waals surface area (Å²) in [6.07, 6.45) is 6.39. The first-order valence-electron chi connectivity index (χ1n) is 8.31. The number of benzene rings is 1. The summed E-state index contributed by atoms with van der Waals surface area (Å²) in [5.41, 5.74) is 1.26. The van der Waals surface area contributed by atoms with Crippen LogP contribution in [0.25, 0.3) is 0 Å². The van der Waals surface area contributed by atoms with E-state index in [9.17, 15) is 13.2 Å². The first-order chi connectivity index (χ1) is 11.3. The molecule has 1 amide bonds. The van der Waals surface area contributed by atoms with Crippen molar-refractivity contribution >= 4 is 33.2 Å². The van der Waals surface area contributed by atoms with E-state index in [1.54, 1.807) is 25.1 Å². The fourth-order valence-electron chi connectivity index (χ4n) is 3.12. The topological polar surface area (TPSA) is 66.5 Å². The van der Waals surface area contributed by atoms with Gasteiger partial charge >= 0.3 is 0 Å². The molecule has 24 heavy (non-hydrogen) atoms. The lowest BCUT2D eigenvalue weighted by Crippen LogP contribution is -2.40. The molecule has 0 aromatic heterocycles. The van der Waals surface area contributed by atoms with Crippen LogP contribution in [0.1, 0.15) is 37.7 Å². The summed E-state index contributed by atoms with van der Waals surface area (Å²) in [5.74, 6) is 0.101. The van der Waals surface area contributed by atoms with Crippen molar-refractivity contribution in [1.82, 2.24) is 5.32 Å². The van der Waals surface area contributed by atoms with E-state index in [2.05, 4.69) is 5.32 Å². The van der Waals surface area contributed by atoms with Gasteiger partial charge in [-0.25, -0.2) is 8.42 Å². The molecule has 0 radical (unpaired) electrons. The molecule has 1 aromatic carbocycles. The molecule has 0 heterocycles. The van der Waals surface area contributed by atoms with Gasteiger partial charge in [0, 0.05) is 17.5 Å². The zero-order chi connectivity index (χ0) is 17.7. The van der Waals surface area contributed by atoms with Crippen LogP contribution in [0.2, 0.25) is 5.02 Å². The van der Waals surface area contributed by atoms with Gasteiger partial charge in [0.15, 0.2) is 0 Å². The monoisotopic (exact) mass is 372 g/mol. The van der Waals surface area contributed by atoms with Crippen LogP contribution in [-0.4, -0.2) is 33.7 Å². The predicted octanol–water partition coefficient (Wildman–Crippen LogP) is 3.11. The minimum absolute atomic E-state index is 0.0333. The van der Waals surface area contributed by atoms with Crippen LogP contribution in [0.3, 0.4) is 0 Å². The summed E-state index contributed by atoms with van der Waals surface area (Å²) in [6.45, 7) is 2.27. The first-order valence-corrected chi connectivity index (χ1v) is 10.5. The quantitative estimate of drug-likeness (QED) is 0.834. The average Bonchev–Trinajstić information content (AvgIpc) is 2.54. The summed E-state index contributed by atoms with van der Waals surface area (Å²) in [7, 11) is -3.46. The second kappa shape index (κ2) is 8.21. The highest BCUT2D eigenvalue weighted by Crippen LogP contribution is 2.28. The molecule has 1 aliphatic carbocycles. The van der Waals surface area contributed by atoms with Crippen LogP contribution in [0.5, 0.6) is 0 Å². The van der Waals surface area contributed by atoms with Gasteiger partial charge in [-0.2, -0.15) is 0 Å². The standard InChI is InChI=1S/C17H25ClN2O3S/c1-13-15(18)9-6-10-16(13)20(24(2,22)23)12-11-19-17(21)14-7-4-3-5-8-14/h6,9-10,14H,3-5,7-8,11-12H2,1-2H3,(H,19,21). The van der Waals surface area contributed by atoms with Gasteiger partial charge in [0.25, 0.3) is 0 Å². The Bertz CT molecular complexity index is 685. The SMILES string of the molecule is Cc1c(Cl)cccc1N(CCNC(=O)C1CCCCC1)S(C)(=O)=O. The second-order valence-corrected chi connectivity index (χ2v) is 8.66. The molecule has 0 bridgehead atoms. The number of rotatable bonds is 6. The fraction of sp³-hybridized carbons (Fsp3) is 0.588. The van der Waals surface area contributed by atoms with Gasteiger partial charge < -0.3 is 5.32 Å². The van der Waals surface area contributed by atoms with Gasteiger partial charge in [-0.1, -0.05) is 36.9 Å². The molecule has 2 rings (SSSR count). The molecule has 1 saturated carbocycles. The Hall–Kier alpha value is -1.27. The molecule has 0 saturated heterocycles. The number of hydrogen-bond donors (Lipinski definition) is 1. The molecular weight excluding hydrogens is 348 g/mol. The van der Waals surface area contributed by atoms with Gasteiger partial charge in [0.05, 0.1) is 18.5 Å². The van der Waals surface area contributed by atoms with Crippen LogP contribution >= 0.6 is 11.6 Å². The number of hydrogen-bond acceptors (Lipinski definition) is 3. The van der Waals surface area contributed by atoms with Crippen molar-refractivity contribution in [3.05, 3.63) is 28.8 Å². The van der Waals surface area contributed by atoms with Crippen molar-refractivity contribution in [2.45, 2.75) is 39.0 Å². The number of sulfonamides is 1. The Labute approximate surface area is 149 Å². The minimum Gasteiger partial charge on any atom is -0.354 e.